The van der Waals surface area contributed by atoms with Crippen LogP contribution in [0.2, 0.25) is 0 Å². The summed E-state index contributed by atoms with van der Waals surface area (Å²) >= 11 is 0. The van der Waals surface area contributed by atoms with E-state index < -0.39 is 17.1 Å². The van der Waals surface area contributed by atoms with Crippen LogP contribution in [0.25, 0.3) is 0 Å². The van der Waals surface area contributed by atoms with E-state index >= 15 is 0 Å². The molecule has 7 atom stereocenters. The van der Waals surface area contributed by atoms with Crippen LogP contribution in [0.1, 0.15) is 58.3 Å². The van der Waals surface area contributed by atoms with Crippen molar-refractivity contribution in [2.45, 2.75) is 70.0 Å². The molecule has 0 spiro atoms. The van der Waals surface area contributed by atoms with Crippen LogP contribution in [0, 0.1) is 28.6 Å². The van der Waals surface area contributed by atoms with E-state index in [1.807, 2.05) is 0 Å². The molecule has 4 aliphatic carbocycles. The van der Waals surface area contributed by atoms with Gasteiger partial charge in [0, 0.05) is 12.5 Å². The van der Waals surface area contributed by atoms with Gasteiger partial charge in [0.15, 0.2) is 0 Å². The molecule has 0 radical (unpaired) electrons. The molecule has 5 aliphatic rings. The van der Waals surface area contributed by atoms with Crippen LogP contribution in [0.4, 0.5) is 0 Å². The molecular formula is C23H30O5. The average molecular weight is 386 g/mol. The van der Waals surface area contributed by atoms with Crippen LogP contribution < -0.4 is 0 Å². The van der Waals surface area contributed by atoms with Crippen LogP contribution in [-0.2, 0) is 14.3 Å². The number of ether oxygens (including phenoxy) is 1. The van der Waals surface area contributed by atoms with Crippen LogP contribution >= 0.6 is 0 Å². The Morgan fingerprint density at radius 2 is 2.04 bits per heavy atom. The maximum absolute atomic E-state index is 12.4. The lowest BCUT2D eigenvalue weighted by Crippen LogP contribution is -2.64. The molecule has 28 heavy (non-hydrogen) atoms. The fourth-order valence-electron chi connectivity index (χ4n) is 7.67. The largest absolute Gasteiger partial charge is 0.458 e. The van der Waals surface area contributed by atoms with E-state index in [2.05, 4.69) is 13.0 Å². The van der Waals surface area contributed by atoms with Crippen molar-refractivity contribution in [2.24, 2.45) is 28.6 Å². The monoisotopic (exact) mass is 386 g/mol. The third-order valence-corrected chi connectivity index (χ3v) is 9.07. The van der Waals surface area contributed by atoms with E-state index in [0.717, 1.165) is 37.5 Å². The normalized spacial score (nSPS) is 50.0. The number of esters is 1. The van der Waals surface area contributed by atoms with Crippen molar-refractivity contribution in [3.63, 3.8) is 0 Å². The van der Waals surface area contributed by atoms with Crippen molar-refractivity contribution in [3.8, 4) is 0 Å². The number of rotatable bonds is 2. The highest BCUT2D eigenvalue weighted by atomic mass is 16.5. The predicted molar refractivity (Wildman–Crippen MR) is 102 cm³/mol. The van der Waals surface area contributed by atoms with Gasteiger partial charge < -0.3 is 19.7 Å². The highest BCUT2D eigenvalue weighted by Gasteiger charge is 2.65. The Balaban J connectivity index is 1.48. The number of hydrogen-bond acceptors (Lipinski definition) is 5. The Hall–Kier alpha value is -1.46. The van der Waals surface area contributed by atoms with Gasteiger partial charge in [0.05, 0.1) is 17.1 Å². The van der Waals surface area contributed by atoms with Gasteiger partial charge in [-0.25, -0.2) is 4.79 Å². The van der Waals surface area contributed by atoms with E-state index in [9.17, 15) is 19.8 Å². The van der Waals surface area contributed by atoms with Gasteiger partial charge in [-0.15, -0.1) is 0 Å². The lowest BCUT2D eigenvalue weighted by Gasteiger charge is -2.61. The summed E-state index contributed by atoms with van der Waals surface area (Å²) in [7, 11) is 0. The topological polar surface area (TPSA) is 83.8 Å². The minimum atomic E-state index is -1.08. The molecule has 3 saturated carbocycles. The number of aliphatic hydroxyl groups excluding tert-OH is 1. The van der Waals surface area contributed by atoms with Gasteiger partial charge in [-0.05, 0) is 73.7 Å². The molecule has 0 saturated heterocycles. The third kappa shape index (κ3) is 2.26. The number of cyclic esters (lactones) is 1. The van der Waals surface area contributed by atoms with Gasteiger partial charge in [0.1, 0.15) is 12.9 Å². The summed E-state index contributed by atoms with van der Waals surface area (Å²) < 4.78 is 5.18. The molecule has 1 heterocycles. The van der Waals surface area contributed by atoms with E-state index in [1.165, 1.54) is 5.57 Å². The molecule has 5 rings (SSSR count). The van der Waals surface area contributed by atoms with Crippen molar-refractivity contribution >= 4 is 12.3 Å². The first-order valence-electron chi connectivity index (χ1n) is 10.8. The van der Waals surface area contributed by atoms with E-state index in [-0.39, 0.29) is 17.3 Å². The van der Waals surface area contributed by atoms with Crippen molar-refractivity contribution in [1.82, 2.24) is 0 Å². The van der Waals surface area contributed by atoms with Crippen LogP contribution in [0.5, 0.6) is 0 Å². The first kappa shape index (κ1) is 18.6. The quantitative estimate of drug-likeness (QED) is 0.433. The number of hydrogen-bond donors (Lipinski definition) is 2. The van der Waals surface area contributed by atoms with Crippen LogP contribution in [0.3, 0.4) is 0 Å². The Labute approximate surface area is 165 Å². The number of aliphatic hydroxyl groups is 2. The Bertz CT molecular complexity index is 784. The molecule has 1 aliphatic heterocycles. The van der Waals surface area contributed by atoms with Crippen molar-refractivity contribution in [3.05, 3.63) is 23.3 Å². The molecule has 0 bridgehead atoms. The van der Waals surface area contributed by atoms with Gasteiger partial charge in [0.25, 0.3) is 0 Å². The summed E-state index contributed by atoms with van der Waals surface area (Å²) in [6.07, 6.45) is 10.3. The Kier molecular flexibility index (Phi) is 3.99. The second-order valence-electron chi connectivity index (χ2n) is 10.1. The molecule has 0 aromatic carbocycles. The fourth-order valence-corrected chi connectivity index (χ4v) is 7.67. The SMILES string of the molecule is C[C@]12CC[C@@H]3[C@H](CC[C@]4(O)C[C@H](O)CC[C@@]34C=O)C1=CC[C@@H]2C1=CC(=O)OC1. The molecule has 0 aromatic heterocycles. The molecule has 152 valence electrons. The molecule has 5 nitrogen and oxygen atoms in total. The predicted octanol–water partition coefficient (Wildman–Crippen LogP) is 2.70. The molecule has 5 heteroatoms. The first-order chi connectivity index (χ1) is 13.3. The number of carbonyl (C=O) groups is 2. The standard InChI is InChI=1S/C23H30O5/c1-21-7-6-19-16(18(21)3-2-17(21)14-10-20(26)28-12-14)5-9-23(27)11-15(25)4-8-22(19,23)13-24/h3,10,13,15-17,19,25,27H,2,4-9,11-12H2,1H3/t15-,16-,17-,19-,21-,22-,23+/m1/s1. The van der Waals surface area contributed by atoms with Gasteiger partial charge in [-0.3, -0.25) is 0 Å². The summed E-state index contributed by atoms with van der Waals surface area (Å²) in [6.45, 7) is 2.72. The lowest BCUT2D eigenvalue weighted by molar-refractivity contribution is -0.200. The van der Waals surface area contributed by atoms with E-state index in [4.69, 9.17) is 4.74 Å². The van der Waals surface area contributed by atoms with Crippen molar-refractivity contribution in [1.29, 1.82) is 0 Å². The Morgan fingerprint density at radius 3 is 2.75 bits per heavy atom. The molecule has 0 amide bonds. The second kappa shape index (κ2) is 6.02. The third-order valence-electron chi connectivity index (χ3n) is 9.07. The fraction of sp³-hybridized carbons (Fsp3) is 0.739. The highest BCUT2D eigenvalue weighted by molar-refractivity contribution is 5.85. The first-order valence-corrected chi connectivity index (χ1v) is 10.8. The van der Waals surface area contributed by atoms with Crippen molar-refractivity contribution < 1.29 is 24.5 Å². The zero-order valence-corrected chi connectivity index (χ0v) is 16.5. The molecule has 0 unspecified atom stereocenters. The number of allylic oxidation sites excluding steroid dienone is 2. The maximum Gasteiger partial charge on any atom is 0.331 e. The summed E-state index contributed by atoms with van der Waals surface area (Å²) in [5.41, 5.74) is 0.739. The number of carbonyl (C=O) groups excluding carboxylic acids is 2. The second-order valence-corrected chi connectivity index (χ2v) is 10.1. The van der Waals surface area contributed by atoms with Gasteiger partial charge in [-0.1, -0.05) is 18.6 Å². The van der Waals surface area contributed by atoms with Gasteiger partial charge in [-0.2, -0.15) is 0 Å². The zero-order chi connectivity index (χ0) is 19.7. The summed E-state index contributed by atoms with van der Waals surface area (Å²) in [5, 5.41) is 21.6. The van der Waals surface area contributed by atoms with Gasteiger partial charge >= 0.3 is 5.97 Å². The molecular weight excluding hydrogens is 356 g/mol. The zero-order valence-electron chi connectivity index (χ0n) is 16.5. The average Bonchev–Trinajstić information content (AvgIpc) is 3.23. The van der Waals surface area contributed by atoms with Crippen LogP contribution in [0.15, 0.2) is 23.3 Å². The number of fused-ring (bicyclic) bond motifs is 5. The minimum Gasteiger partial charge on any atom is -0.458 e. The Morgan fingerprint density at radius 1 is 1.21 bits per heavy atom. The highest BCUT2D eigenvalue weighted by Crippen LogP contribution is 2.67. The molecule has 3 fully saturated rings. The maximum atomic E-state index is 12.4. The smallest absolute Gasteiger partial charge is 0.331 e. The van der Waals surface area contributed by atoms with E-state index in [0.29, 0.717) is 44.1 Å². The summed E-state index contributed by atoms with van der Waals surface area (Å²) in [5.74, 6) is 0.521. The molecule has 2 N–H and O–H groups in total. The van der Waals surface area contributed by atoms with Crippen molar-refractivity contribution in [2.75, 3.05) is 6.61 Å². The molecule has 0 aromatic rings. The minimum absolute atomic E-state index is 0.00862. The summed E-state index contributed by atoms with van der Waals surface area (Å²) in [6, 6.07) is 0. The van der Waals surface area contributed by atoms with E-state index in [1.54, 1.807) is 6.08 Å². The summed E-state index contributed by atoms with van der Waals surface area (Å²) in [4.78, 5) is 24.0. The van der Waals surface area contributed by atoms with Gasteiger partial charge in [0.2, 0.25) is 0 Å². The van der Waals surface area contributed by atoms with Crippen LogP contribution in [-0.4, -0.2) is 40.8 Å². The number of aldehydes is 1. The lowest BCUT2D eigenvalue weighted by atomic mass is 9.44.